The monoisotopic (exact) mass is 667 g/mol. The Kier molecular flexibility index (Phi) is 10.3. The van der Waals surface area contributed by atoms with E-state index in [2.05, 4.69) is 96.2 Å². The Bertz CT molecular complexity index is 1480. The van der Waals surface area contributed by atoms with Gasteiger partial charge in [-0.2, -0.15) is 5.10 Å². The topological polar surface area (TPSA) is 92.5 Å². The van der Waals surface area contributed by atoms with Gasteiger partial charge in [0.2, 0.25) is 0 Å². The molecule has 0 amide bonds. The summed E-state index contributed by atoms with van der Waals surface area (Å²) >= 11 is 0. The molecule has 3 aliphatic rings. The van der Waals surface area contributed by atoms with Gasteiger partial charge in [-0.1, -0.05) is 57.5 Å². The fourth-order valence-corrected chi connectivity index (χ4v) is 7.16. The summed E-state index contributed by atoms with van der Waals surface area (Å²) in [7, 11) is -1.30. The van der Waals surface area contributed by atoms with Crippen molar-refractivity contribution in [1.29, 1.82) is 0 Å². The standard InChI is InChI=1S/C33H54BN5O5Si2/c1-32(2)33(3,4)44-34(43-32)25-19-26-29(37-39(30(26)35-20-25)23-42-16-18-46(9,10)11)31-36-28-24(21-40-5)13-12-14-27(28)38(31)22-41-15-17-45(6,7)8/h12-14,19-20,27-28H,15-18,21-23H2,1-11H3. The molecule has 0 radical (unpaired) electrons. The van der Waals surface area contributed by atoms with Gasteiger partial charge in [-0.3, -0.25) is 4.99 Å². The van der Waals surface area contributed by atoms with Gasteiger partial charge >= 0.3 is 7.12 Å². The average molecular weight is 668 g/mol. The van der Waals surface area contributed by atoms with Gasteiger partial charge in [0.25, 0.3) is 0 Å². The number of amidine groups is 1. The van der Waals surface area contributed by atoms with Crippen LogP contribution in [0.2, 0.25) is 51.4 Å². The summed E-state index contributed by atoms with van der Waals surface area (Å²) in [5.74, 6) is 0.787. The highest BCUT2D eigenvalue weighted by atomic mass is 28.3. The van der Waals surface area contributed by atoms with Crippen LogP contribution in [0.1, 0.15) is 33.4 Å². The Labute approximate surface area is 277 Å². The zero-order chi connectivity index (χ0) is 33.5. The first-order chi connectivity index (χ1) is 21.5. The second-order valence-electron chi connectivity index (χ2n) is 16.2. The van der Waals surface area contributed by atoms with E-state index in [0.29, 0.717) is 26.7 Å². The molecule has 2 atom stereocenters. The van der Waals surface area contributed by atoms with Gasteiger partial charge in [-0.25, -0.2) is 9.67 Å². The number of aromatic nitrogens is 3. The maximum atomic E-state index is 6.42. The minimum atomic E-state index is -1.24. The number of methoxy groups -OCH3 is 1. The largest absolute Gasteiger partial charge is 0.496 e. The van der Waals surface area contributed by atoms with E-state index in [9.17, 15) is 0 Å². The van der Waals surface area contributed by atoms with Crippen LogP contribution in [0.5, 0.6) is 0 Å². The van der Waals surface area contributed by atoms with Crippen molar-refractivity contribution < 1.29 is 23.5 Å². The Morgan fingerprint density at radius 1 is 0.935 bits per heavy atom. The van der Waals surface area contributed by atoms with Crippen molar-refractivity contribution >= 4 is 45.6 Å². The maximum Gasteiger partial charge on any atom is 0.496 e. The van der Waals surface area contributed by atoms with E-state index in [-0.39, 0.29) is 12.1 Å². The molecule has 1 fully saturated rings. The number of aliphatic imine (C=N–C) groups is 1. The van der Waals surface area contributed by atoms with Crippen LogP contribution in [-0.4, -0.2) is 106 Å². The zero-order valence-corrected chi connectivity index (χ0v) is 31.8. The van der Waals surface area contributed by atoms with Gasteiger partial charge in [-0.05, 0) is 51.4 Å². The third-order valence-corrected chi connectivity index (χ3v) is 12.7. The lowest BCUT2D eigenvalue weighted by Gasteiger charge is -2.32. The molecule has 2 aromatic rings. The van der Waals surface area contributed by atoms with Crippen LogP contribution in [0, 0.1) is 0 Å². The Morgan fingerprint density at radius 3 is 2.17 bits per heavy atom. The van der Waals surface area contributed by atoms with Gasteiger partial charge in [0.1, 0.15) is 19.2 Å². The first-order valence-corrected chi connectivity index (χ1v) is 24.0. The van der Waals surface area contributed by atoms with Crippen molar-refractivity contribution in [2.45, 2.75) is 109 Å². The summed E-state index contributed by atoms with van der Waals surface area (Å²) in [5.41, 5.74) is 2.55. The van der Waals surface area contributed by atoms with Crippen LogP contribution in [0.15, 0.2) is 41.1 Å². The first-order valence-electron chi connectivity index (χ1n) is 16.6. The van der Waals surface area contributed by atoms with Crippen LogP contribution in [0.3, 0.4) is 0 Å². The lowest BCUT2D eigenvalue weighted by Crippen LogP contribution is -2.42. The molecular weight excluding hydrogens is 613 g/mol. The Hall–Kier alpha value is -2.13. The molecule has 0 aromatic carbocycles. The van der Waals surface area contributed by atoms with Crippen molar-refractivity contribution in [1.82, 2.24) is 19.7 Å². The fourth-order valence-electron chi connectivity index (χ4n) is 5.65. The molecule has 46 heavy (non-hydrogen) atoms. The minimum Gasteiger partial charge on any atom is -0.399 e. The van der Waals surface area contributed by atoms with Gasteiger partial charge in [0.15, 0.2) is 11.5 Å². The molecular formula is C33H54BN5O5Si2. The van der Waals surface area contributed by atoms with Crippen LogP contribution >= 0.6 is 0 Å². The summed E-state index contributed by atoms with van der Waals surface area (Å²) in [6.07, 6.45) is 8.26. The molecule has 13 heteroatoms. The first kappa shape index (κ1) is 35.2. The zero-order valence-electron chi connectivity index (χ0n) is 29.8. The highest BCUT2D eigenvalue weighted by Crippen LogP contribution is 2.37. The second-order valence-corrected chi connectivity index (χ2v) is 27.4. The van der Waals surface area contributed by atoms with Gasteiger partial charge in [-0.15, -0.1) is 0 Å². The molecule has 2 aromatic heterocycles. The Morgan fingerprint density at radius 2 is 1.57 bits per heavy atom. The van der Waals surface area contributed by atoms with Crippen molar-refractivity contribution in [3.8, 4) is 0 Å². The predicted octanol–water partition coefficient (Wildman–Crippen LogP) is 5.30. The number of rotatable bonds is 14. The minimum absolute atomic E-state index is 0.00413. The quantitative estimate of drug-likeness (QED) is 0.198. The smallest absolute Gasteiger partial charge is 0.399 e. The lowest BCUT2D eigenvalue weighted by molar-refractivity contribution is 0.00578. The molecule has 0 spiro atoms. The molecule has 10 nitrogen and oxygen atoms in total. The van der Waals surface area contributed by atoms with Crippen molar-refractivity contribution in [2.24, 2.45) is 4.99 Å². The lowest BCUT2D eigenvalue weighted by atomic mass is 9.80. The van der Waals surface area contributed by atoms with Gasteiger partial charge in [0.05, 0.1) is 29.9 Å². The summed E-state index contributed by atoms with van der Waals surface area (Å²) in [6, 6.07) is 4.19. The predicted molar refractivity (Wildman–Crippen MR) is 191 cm³/mol. The molecule has 0 bridgehead atoms. The van der Waals surface area contributed by atoms with Crippen molar-refractivity contribution in [2.75, 3.05) is 33.7 Å². The average Bonchev–Trinajstić information content (AvgIpc) is 3.57. The third-order valence-electron chi connectivity index (χ3n) is 9.31. The molecule has 1 saturated heterocycles. The van der Waals surface area contributed by atoms with E-state index in [1.54, 1.807) is 7.11 Å². The highest BCUT2D eigenvalue weighted by Gasteiger charge is 2.52. The van der Waals surface area contributed by atoms with E-state index in [1.165, 1.54) is 0 Å². The van der Waals surface area contributed by atoms with E-state index < -0.39 is 34.5 Å². The van der Waals surface area contributed by atoms with E-state index in [0.717, 1.165) is 52.3 Å². The summed E-state index contributed by atoms with van der Waals surface area (Å²) in [4.78, 5) is 12.5. The van der Waals surface area contributed by atoms with Gasteiger partial charge < -0.3 is 28.4 Å². The molecule has 4 heterocycles. The Balaban J connectivity index is 1.54. The summed E-state index contributed by atoms with van der Waals surface area (Å²) in [6.45, 7) is 25.1. The fraction of sp³-hybridized carbons (Fsp3) is 0.667. The van der Waals surface area contributed by atoms with Gasteiger partial charge in [0, 0.05) is 53.5 Å². The number of hydrogen-bond donors (Lipinski definition) is 0. The number of pyridine rings is 1. The number of fused-ring (bicyclic) bond motifs is 2. The molecule has 0 saturated carbocycles. The SMILES string of the molecule is COCC1=CC=CC2C1N=C(c1nn(COCC[Si](C)(C)C)c3ncc(B4OC(C)(C)C(C)(C)O4)cc13)N2COCC[Si](C)(C)C. The molecule has 5 rings (SSSR count). The number of allylic oxidation sites excluding steroid dienone is 2. The highest BCUT2D eigenvalue weighted by molar-refractivity contribution is 6.76. The molecule has 2 unspecified atom stereocenters. The van der Waals surface area contributed by atoms with E-state index in [4.69, 9.17) is 38.6 Å². The summed E-state index contributed by atoms with van der Waals surface area (Å²) < 4.78 is 32.8. The normalized spacial score (nSPS) is 22.5. The summed E-state index contributed by atoms with van der Waals surface area (Å²) in [5, 5.41) is 6.02. The number of ether oxygens (including phenoxy) is 3. The number of hydrogen-bond acceptors (Lipinski definition) is 9. The van der Waals surface area contributed by atoms with Crippen LogP contribution in [0.25, 0.3) is 11.0 Å². The molecule has 252 valence electrons. The van der Waals surface area contributed by atoms with E-state index >= 15 is 0 Å². The second kappa shape index (κ2) is 13.4. The molecule has 2 aliphatic heterocycles. The number of nitrogens with zero attached hydrogens (tertiary/aromatic N) is 5. The third kappa shape index (κ3) is 7.77. The van der Waals surface area contributed by atoms with Crippen molar-refractivity contribution in [3.05, 3.63) is 41.8 Å². The molecule has 0 N–H and O–H groups in total. The van der Waals surface area contributed by atoms with E-state index in [1.807, 2.05) is 10.9 Å². The maximum absolute atomic E-state index is 6.42. The van der Waals surface area contributed by atoms with Crippen LogP contribution in [0.4, 0.5) is 0 Å². The molecule has 1 aliphatic carbocycles. The van der Waals surface area contributed by atoms with Crippen molar-refractivity contribution in [3.63, 3.8) is 0 Å². The van der Waals surface area contributed by atoms with Crippen LogP contribution < -0.4 is 5.46 Å². The van der Waals surface area contributed by atoms with Crippen LogP contribution in [-0.2, 0) is 30.3 Å².